The van der Waals surface area contributed by atoms with Crippen LogP contribution >= 0.6 is 11.3 Å². The van der Waals surface area contributed by atoms with Crippen LogP contribution in [-0.4, -0.2) is 49.3 Å². The first-order chi connectivity index (χ1) is 18.8. The lowest BCUT2D eigenvalue weighted by atomic mass is 10.1. The summed E-state index contributed by atoms with van der Waals surface area (Å²) in [6, 6.07) is 20.5. The molecule has 0 bridgehead atoms. The van der Waals surface area contributed by atoms with Gasteiger partial charge in [0.05, 0.1) is 24.1 Å². The number of amides is 1. The van der Waals surface area contributed by atoms with Gasteiger partial charge in [0.15, 0.2) is 0 Å². The fourth-order valence-corrected chi connectivity index (χ4v) is 7.41. The van der Waals surface area contributed by atoms with Gasteiger partial charge in [-0.05, 0) is 65.9 Å². The molecule has 6 nitrogen and oxygen atoms in total. The molecule has 0 saturated carbocycles. The third kappa shape index (κ3) is 6.38. The highest BCUT2D eigenvalue weighted by atomic mass is 32.2. The Balaban J connectivity index is 1.47. The standard InChI is InChI=1S/C30H31FN2O4S2/c1-22-15-17-38-28(22)20-32(18-23-11-13-25(31)14-12-23)30(34)21-33(19-26-8-5-16-37-26)39(35,36)29-10-4-7-24-6-2-3-9-27(24)29/h2-4,6-7,9-15,17,26H,5,8,16,18-21H2,1H3. The maximum Gasteiger partial charge on any atom is 0.244 e. The number of hydrogen-bond acceptors (Lipinski definition) is 5. The van der Waals surface area contributed by atoms with E-state index in [9.17, 15) is 17.6 Å². The average Bonchev–Trinajstić information content (AvgIpc) is 3.60. The lowest BCUT2D eigenvalue weighted by Gasteiger charge is -2.29. The van der Waals surface area contributed by atoms with E-state index in [0.29, 0.717) is 18.5 Å². The maximum absolute atomic E-state index is 14.1. The number of nitrogens with zero attached hydrogens (tertiary/aromatic N) is 2. The van der Waals surface area contributed by atoms with Crippen molar-refractivity contribution in [1.29, 1.82) is 0 Å². The Morgan fingerprint density at radius 2 is 1.79 bits per heavy atom. The summed E-state index contributed by atoms with van der Waals surface area (Å²) in [6.07, 6.45) is 1.33. The van der Waals surface area contributed by atoms with Crippen molar-refractivity contribution in [2.45, 2.75) is 43.9 Å². The minimum Gasteiger partial charge on any atom is -0.377 e. The first kappa shape index (κ1) is 27.5. The molecule has 0 N–H and O–H groups in total. The Labute approximate surface area is 232 Å². The SMILES string of the molecule is Cc1ccsc1CN(Cc1ccc(F)cc1)C(=O)CN(CC1CCCO1)S(=O)(=O)c1cccc2ccccc12. The lowest BCUT2D eigenvalue weighted by molar-refractivity contribution is -0.132. The summed E-state index contributed by atoms with van der Waals surface area (Å²) in [5.41, 5.74) is 1.83. The minimum absolute atomic E-state index is 0.0969. The van der Waals surface area contributed by atoms with Gasteiger partial charge in [-0.2, -0.15) is 4.31 Å². The fraction of sp³-hybridized carbons (Fsp3) is 0.300. The monoisotopic (exact) mass is 566 g/mol. The van der Waals surface area contributed by atoms with Crippen LogP contribution in [0.5, 0.6) is 0 Å². The summed E-state index contributed by atoms with van der Waals surface area (Å²) in [5.74, 6) is -0.677. The van der Waals surface area contributed by atoms with E-state index in [2.05, 4.69) is 0 Å². The summed E-state index contributed by atoms with van der Waals surface area (Å²) in [6.45, 7) is 2.91. The molecule has 1 unspecified atom stereocenters. The molecule has 1 aromatic heterocycles. The second-order valence-electron chi connectivity index (χ2n) is 9.81. The number of sulfonamides is 1. The van der Waals surface area contributed by atoms with Crippen LogP contribution in [0.4, 0.5) is 4.39 Å². The van der Waals surface area contributed by atoms with Crippen molar-refractivity contribution in [3.63, 3.8) is 0 Å². The number of hydrogen-bond donors (Lipinski definition) is 0. The van der Waals surface area contributed by atoms with Gasteiger partial charge in [0.25, 0.3) is 0 Å². The summed E-state index contributed by atoms with van der Waals surface area (Å²) in [5, 5.41) is 3.40. The molecule has 0 spiro atoms. The van der Waals surface area contributed by atoms with Crippen molar-refractivity contribution in [2.24, 2.45) is 0 Å². The molecule has 0 aliphatic carbocycles. The van der Waals surface area contributed by atoms with Gasteiger partial charge in [-0.3, -0.25) is 4.79 Å². The highest BCUT2D eigenvalue weighted by Gasteiger charge is 2.33. The molecule has 9 heteroatoms. The van der Waals surface area contributed by atoms with E-state index in [1.54, 1.807) is 46.6 Å². The normalized spacial score (nSPS) is 15.7. The Kier molecular flexibility index (Phi) is 8.42. The van der Waals surface area contributed by atoms with E-state index in [-0.39, 0.29) is 42.4 Å². The van der Waals surface area contributed by atoms with Crippen LogP contribution in [0.15, 0.2) is 83.1 Å². The zero-order valence-electron chi connectivity index (χ0n) is 21.8. The summed E-state index contributed by atoms with van der Waals surface area (Å²) >= 11 is 1.55. The van der Waals surface area contributed by atoms with Crippen molar-refractivity contribution in [2.75, 3.05) is 19.7 Å². The zero-order valence-corrected chi connectivity index (χ0v) is 23.4. The molecule has 0 radical (unpaired) electrons. The topological polar surface area (TPSA) is 66.9 Å². The maximum atomic E-state index is 14.1. The first-order valence-corrected chi connectivity index (χ1v) is 15.3. The fourth-order valence-electron chi connectivity index (χ4n) is 4.86. The summed E-state index contributed by atoms with van der Waals surface area (Å²) < 4.78 is 48.8. The molecule has 204 valence electrons. The third-order valence-electron chi connectivity index (χ3n) is 7.05. The summed E-state index contributed by atoms with van der Waals surface area (Å²) in [7, 11) is -4.03. The second kappa shape index (κ2) is 12.0. The van der Waals surface area contributed by atoms with Crippen LogP contribution in [-0.2, 0) is 32.6 Å². The Morgan fingerprint density at radius 1 is 1.03 bits per heavy atom. The van der Waals surface area contributed by atoms with E-state index in [4.69, 9.17) is 4.74 Å². The number of thiophene rings is 1. The molecule has 1 saturated heterocycles. The van der Waals surface area contributed by atoms with Crippen molar-refractivity contribution >= 4 is 38.0 Å². The quantitative estimate of drug-likeness (QED) is 0.245. The lowest BCUT2D eigenvalue weighted by Crippen LogP contribution is -2.45. The Morgan fingerprint density at radius 3 is 2.51 bits per heavy atom. The molecule has 4 aromatic rings. The van der Waals surface area contributed by atoms with Crippen molar-refractivity contribution in [1.82, 2.24) is 9.21 Å². The molecule has 5 rings (SSSR count). The van der Waals surface area contributed by atoms with Gasteiger partial charge in [-0.15, -0.1) is 11.3 Å². The van der Waals surface area contributed by atoms with Gasteiger partial charge >= 0.3 is 0 Å². The summed E-state index contributed by atoms with van der Waals surface area (Å²) in [4.78, 5) is 16.7. The Hall–Kier alpha value is -3.11. The second-order valence-corrected chi connectivity index (χ2v) is 12.7. The predicted molar refractivity (Wildman–Crippen MR) is 151 cm³/mol. The smallest absolute Gasteiger partial charge is 0.244 e. The average molecular weight is 567 g/mol. The van der Waals surface area contributed by atoms with Crippen LogP contribution in [0.3, 0.4) is 0 Å². The number of ether oxygens (including phenoxy) is 1. The molecule has 1 aliphatic rings. The highest BCUT2D eigenvalue weighted by molar-refractivity contribution is 7.89. The van der Waals surface area contributed by atoms with Crippen molar-refractivity contribution in [3.05, 3.63) is 100.0 Å². The number of carbonyl (C=O) groups is 1. The van der Waals surface area contributed by atoms with Crippen molar-refractivity contribution < 1.29 is 22.3 Å². The third-order valence-corrected chi connectivity index (χ3v) is 9.93. The van der Waals surface area contributed by atoms with E-state index in [0.717, 1.165) is 34.2 Å². The number of fused-ring (bicyclic) bond motifs is 1. The minimum atomic E-state index is -4.03. The number of carbonyl (C=O) groups excluding carboxylic acids is 1. The number of benzene rings is 3. The number of aryl methyl sites for hydroxylation is 1. The van der Waals surface area contributed by atoms with Crippen LogP contribution in [0, 0.1) is 12.7 Å². The van der Waals surface area contributed by atoms with Crippen LogP contribution in [0.25, 0.3) is 10.8 Å². The molecule has 2 heterocycles. The van der Waals surface area contributed by atoms with E-state index < -0.39 is 10.0 Å². The highest BCUT2D eigenvalue weighted by Crippen LogP contribution is 2.28. The van der Waals surface area contributed by atoms with Gasteiger partial charge in [-0.1, -0.05) is 48.5 Å². The van der Waals surface area contributed by atoms with E-state index in [1.165, 1.54) is 16.4 Å². The molecular weight excluding hydrogens is 535 g/mol. The molecule has 1 aliphatic heterocycles. The van der Waals surface area contributed by atoms with Gasteiger partial charge in [0.1, 0.15) is 5.82 Å². The van der Waals surface area contributed by atoms with Crippen molar-refractivity contribution in [3.8, 4) is 0 Å². The molecule has 3 aromatic carbocycles. The van der Waals surface area contributed by atoms with Crippen LogP contribution in [0.1, 0.15) is 28.8 Å². The molecule has 1 amide bonds. The number of rotatable bonds is 10. The zero-order chi connectivity index (χ0) is 27.4. The van der Waals surface area contributed by atoms with Gasteiger partial charge in [-0.25, -0.2) is 12.8 Å². The van der Waals surface area contributed by atoms with E-state index >= 15 is 0 Å². The molecule has 1 atom stereocenters. The van der Waals surface area contributed by atoms with Crippen LogP contribution in [0.2, 0.25) is 0 Å². The molecule has 1 fully saturated rings. The first-order valence-electron chi connectivity index (χ1n) is 13.0. The largest absolute Gasteiger partial charge is 0.377 e. The Bertz CT molecular complexity index is 1540. The van der Waals surface area contributed by atoms with E-state index in [1.807, 2.05) is 42.6 Å². The van der Waals surface area contributed by atoms with Gasteiger partial charge in [0.2, 0.25) is 15.9 Å². The van der Waals surface area contributed by atoms with Crippen LogP contribution < -0.4 is 0 Å². The predicted octanol–water partition coefficient (Wildman–Crippen LogP) is 5.75. The molecule has 39 heavy (non-hydrogen) atoms. The number of halogens is 1. The molecular formula is C30H31FN2O4S2. The van der Waals surface area contributed by atoms with Gasteiger partial charge < -0.3 is 9.64 Å². The van der Waals surface area contributed by atoms with Gasteiger partial charge in [0, 0.05) is 30.0 Å².